The first-order valence-corrected chi connectivity index (χ1v) is 11.7. The molecule has 0 fully saturated rings. The van der Waals surface area contributed by atoms with Crippen molar-refractivity contribution in [3.05, 3.63) is 82.9 Å². The first kappa shape index (κ1) is 22.0. The van der Waals surface area contributed by atoms with Gasteiger partial charge in [-0.3, -0.25) is 4.79 Å². The summed E-state index contributed by atoms with van der Waals surface area (Å²) in [6, 6.07) is 17.3. The van der Waals surface area contributed by atoms with Crippen molar-refractivity contribution in [3.63, 3.8) is 0 Å². The van der Waals surface area contributed by atoms with E-state index in [9.17, 15) is 4.79 Å². The van der Waals surface area contributed by atoms with Crippen LogP contribution in [0.25, 0.3) is 11.0 Å². The molecule has 164 valence electrons. The zero-order chi connectivity index (χ0) is 22.7. The number of nitrogens with one attached hydrogen (secondary N) is 2. The molecule has 0 aliphatic heterocycles. The molecule has 1 atom stereocenters. The van der Waals surface area contributed by atoms with Gasteiger partial charge >= 0.3 is 0 Å². The average Bonchev–Trinajstić information content (AvgIpc) is 3.19. The highest BCUT2D eigenvalue weighted by molar-refractivity contribution is 7.98. The minimum Gasteiger partial charge on any atom is -0.342 e. The molecule has 0 aliphatic carbocycles. The second kappa shape index (κ2) is 9.53. The lowest BCUT2D eigenvalue weighted by atomic mass is 10.0. The Morgan fingerprint density at radius 1 is 1.00 bits per heavy atom. The van der Waals surface area contributed by atoms with Gasteiger partial charge < -0.3 is 10.3 Å². The molecule has 2 N–H and O–H groups in total. The zero-order valence-electron chi connectivity index (χ0n) is 18.7. The molecule has 7 heteroatoms. The van der Waals surface area contributed by atoms with Crippen molar-refractivity contribution < 1.29 is 4.79 Å². The third-order valence-electron chi connectivity index (χ3n) is 5.24. The minimum absolute atomic E-state index is 0.110. The quantitative estimate of drug-likeness (QED) is 0.294. The summed E-state index contributed by atoms with van der Waals surface area (Å²) < 4.78 is 0. The second-order valence-electron chi connectivity index (χ2n) is 8.21. The van der Waals surface area contributed by atoms with Crippen molar-refractivity contribution in [1.29, 1.82) is 0 Å². The Kier molecular flexibility index (Phi) is 6.55. The summed E-state index contributed by atoms with van der Waals surface area (Å²) in [4.78, 5) is 30.3. The number of hydrogen-bond donors (Lipinski definition) is 2. The molecule has 2 heterocycles. The number of thioether (sulfide) groups is 1. The number of hydrogen-bond acceptors (Lipinski definition) is 5. The molecule has 0 radical (unpaired) electrons. The number of fused-ring (bicyclic) bond motifs is 1. The van der Waals surface area contributed by atoms with Crippen molar-refractivity contribution in [2.24, 2.45) is 5.92 Å². The van der Waals surface area contributed by atoms with E-state index in [0.29, 0.717) is 11.3 Å². The molecule has 4 aromatic rings. The van der Waals surface area contributed by atoms with E-state index in [2.05, 4.69) is 34.1 Å². The molecule has 6 nitrogen and oxygen atoms in total. The maximum Gasteiger partial charge on any atom is 0.252 e. The van der Waals surface area contributed by atoms with E-state index < -0.39 is 0 Å². The van der Waals surface area contributed by atoms with Crippen LogP contribution in [0.4, 0.5) is 0 Å². The first-order chi connectivity index (χ1) is 15.4. The molecule has 0 bridgehead atoms. The van der Waals surface area contributed by atoms with Crippen molar-refractivity contribution in [1.82, 2.24) is 25.3 Å². The van der Waals surface area contributed by atoms with Crippen LogP contribution < -0.4 is 5.32 Å². The van der Waals surface area contributed by atoms with Gasteiger partial charge in [-0.1, -0.05) is 55.9 Å². The summed E-state index contributed by atoms with van der Waals surface area (Å²) in [6.07, 6.45) is 0. The first-order valence-electron chi connectivity index (χ1n) is 10.7. The van der Waals surface area contributed by atoms with E-state index >= 15 is 0 Å². The average molecular weight is 446 g/mol. The summed E-state index contributed by atoms with van der Waals surface area (Å²) in [5, 5.41) is 3.92. The lowest BCUT2D eigenvalue weighted by Crippen LogP contribution is -2.33. The fraction of sp³-hybridized carbons (Fsp3) is 0.280. The van der Waals surface area contributed by atoms with Crippen LogP contribution in [0.15, 0.2) is 59.8 Å². The van der Waals surface area contributed by atoms with E-state index in [1.807, 2.05) is 68.4 Å². The van der Waals surface area contributed by atoms with Crippen molar-refractivity contribution in [2.45, 2.75) is 44.6 Å². The topological polar surface area (TPSA) is 83.6 Å². The third kappa shape index (κ3) is 4.99. The largest absolute Gasteiger partial charge is 0.342 e. The number of carbonyl (C=O) groups excluding carboxylic acids is 1. The summed E-state index contributed by atoms with van der Waals surface area (Å²) in [6.45, 7) is 8.09. The number of nitrogens with zero attached hydrogens (tertiary/aromatic N) is 3. The summed E-state index contributed by atoms with van der Waals surface area (Å²) in [5.41, 5.74) is 5.35. The van der Waals surface area contributed by atoms with Gasteiger partial charge in [0.1, 0.15) is 5.82 Å². The number of rotatable bonds is 7. The van der Waals surface area contributed by atoms with Crippen molar-refractivity contribution >= 4 is 28.7 Å². The van der Waals surface area contributed by atoms with Gasteiger partial charge in [0.15, 0.2) is 5.16 Å². The van der Waals surface area contributed by atoms with Crippen LogP contribution in [0.3, 0.4) is 0 Å². The Labute approximate surface area is 192 Å². The third-order valence-corrected chi connectivity index (χ3v) is 6.13. The maximum atomic E-state index is 13.3. The van der Waals surface area contributed by atoms with Crippen molar-refractivity contribution in [3.8, 4) is 0 Å². The van der Waals surface area contributed by atoms with Gasteiger partial charge in [-0.2, -0.15) is 0 Å². The molecule has 4 rings (SSSR count). The molecule has 0 saturated heterocycles. The zero-order valence-corrected chi connectivity index (χ0v) is 19.5. The van der Waals surface area contributed by atoms with E-state index in [1.54, 1.807) is 0 Å². The Bertz CT molecular complexity index is 1200. The van der Waals surface area contributed by atoms with Gasteiger partial charge in [-0.05, 0) is 49.6 Å². The van der Waals surface area contributed by atoms with Gasteiger partial charge in [0.25, 0.3) is 5.91 Å². The fourth-order valence-corrected chi connectivity index (χ4v) is 4.61. The lowest BCUT2D eigenvalue weighted by molar-refractivity contribution is 0.0922. The van der Waals surface area contributed by atoms with Crippen LogP contribution in [0.1, 0.15) is 53.0 Å². The minimum atomic E-state index is -0.224. The second-order valence-corrected chi connectivity index (χ2v) is 9.16. The molecule has 0 aliphatic rings. The normalized spacial score (nSPS) is 12.3. The molecule has 32 heavy (non-hydrogen) atoms. The number of carbonyl (C=O) groups is 1. The predicted octanol–water partition coefficient (Wildman–Crippen LogP) is 5.39. The summed E-state index contributed by atoms with van der Waals surface area (Å²) in [7, 11) is 0. The Morgan fingerprint density at radius 2 is 1.69 bits per heavy atom. The van der Waals surface area contributed by atoms with Gasteiger partial charge in [-0.25, -0.2) is 15.0 Å². The van der Waals surface area contributed by atoms with Crippen LogP contribution in [0.2, 0.25) is 0 Å². The molecule has 2 aromatic heterocycles. The van der Waals surface area contributed by atoms with E-state index in [4.69, 9.17) is 4.98 Å². The number of aromatic nitrogens is 4. The van der Waals surface area contributed by atoms with Crippen LogP contribution in [0, 0.1) is 19.8 Å². The highest BCUT2D eigenvalue weighted by Crippen LogP contribution is 2.25. The number of imidazole rings is 1. The van der Waals surface area contributed by atoms with Gasteiger partial charge in [0.2, 0.25) is 0 Å². The monoisotopic (exact) mass is 445 g/mol. The molecule has 0 spiro atoms. The number of para-hydroxylation sites is 2. The van der Waals surface area contributed by atoms with Crippen LogP contribution >= 0.6 is 11.8 Å². The highest BCUT2D eigenvalue weighted by atomic mass is 32.2. The molecule has 1 unspecified atom stereocenters. The van der Waals surface area contributed by atoms with Crippen LogP contribution in [-0.2, 0) is 5.75 Å². The maximum absolute atomic E-state index is 13.3. The lowest BCUT2D eigenvalue weighted by Gasteiger charge is -2.21. The standard InChI is InChI=1S/C25H27N5OS/c1-15(2)22(23-28-20-11-7-8-12-21(20)29-23)30-24(31)19-10-6-5-9-18(19)14-32-25-26-16(3)13-17(4)27-25/h5-13,15,22H,14H2,1-4H3,(H,28,29)(H,30,31). The van der Waals surface area contributed by atoms with Gasteiger partial charge in [0.05, 0.1) is 17.1 Å². The van der Waals surface area contributed by atoms with E-state index in [-0.39, 0.29) is 17.9 Å². The number of aromatic amines is 1. The Morgan fingerprint density at radius 3 is 2.41 bits per heavy atom. The Hall–Kier alpha value is -3.19. The predicted molar refractivity (Wildman–Crippen MR) is 129 cm³/mol. The molecule has 2 aromatic carbocycles. The number of H-pyrrole nitrogens is 1. The number of amides is 1. The molecule has 1 amide bonds. The van der Waals surface area contributed by atoms with Gasteiger partial charge in [0, 0.05) is 22.7 Å². The van der Waals surface area contributed by atoms with Gasteiger partial charge in [-0.15, -0.1) is 0 Å². The van der Waals surface area contributed by atoms with Crippen LogP contribution in [-0.4, -0.2) is 25.8 Å². The Balaban J connectivity index is 1.54. The molecular formula is C25H27N5OS. The smallest absolute Gasteiger partial charge is 0.252 e. The molecule has 0 saturated carbocycles. The number of benzene rings is 2. The summed E-state index contributed by atoms with van der Waals surface area (Å²) in [5.74, 6) is 1.44. The fourth-order valence-electron chi connectivity index (χ4n) is 3.66. The van der Waals surface area contributed by atoms with E-state index in [0.717, 1.165) is 39.0 Å². The summed E-state index contributed by atoms with van der Waals surface area (Å²) >= 11 is 1.54. The molecular weight excluding hydrogens is 418 g/mol. The highest BCUT2D eigenvalue weighted by Gasteiger charge is 2.23. The number of aryl methyl sites for hydroxylation is 2. The van der Waals surface area contributed by atoms with Crippen molar-refractivity contribution in [2.75, 3.05) is 0 Å². The van der Waals surface area contributed by atoms with E-state index in [1.165, 1.54) is 11.8 Å². The van der Waals surface area contributed by atoms with Crippen LogP contribution in [0.5, 0.6) is 0 Å². The SMILES string of the molecule is Cc1cc(C)nc(SCc2ccccc2C(=O)NC(c2nc3ccccc3[nH]2)C(C)C)n1.